The number of hydrogen-bond donors (Lipinski definition) is 2. The Kier molecular flexibility index (Phi) is 9.17. The molecule has 1 aromatic heterocycles. The molecule has 0 radical (unpaired) electrons. The van der Waals surface area contributed by atoms with E-state index in [0.717, 1.165) is 37.6 Å². The zero-order valence-electron chi connectivity index (χ0n) is 16.4. The molecule has 2 bridgehead atoms. The van der Waals surface area contributed by atoms with Crippen LogP contribution in [0.25, 0.3) is 0 Å². The van der Waals surface area contributed by atoms with Gasteiger partial charge < -0.3 is 15.5 Å². The van der Waals surface area contributed by atoms with E-state index in [9.17, 15) is 0 Å². The minimum absolute atomic E-state index is 0. The first-order chi connectivity index (χ1) is 12.2. The molecule has 6 heteroatoms. The molecule has 0 amide bonds. The standard InChI is InChI=1S/C20H34N4S.HI/c1-4-21-20(22-14-15(2)11-19-9-6-10-25-19)23-16-12-17-7-5-8-18(13-16)24(17)3;/h6,9-10,15-18H,4-5,7-8,11-14H2,1-3H3,(H2,21,22,23);1H. The summed E-state index contributed by atoms with van der Waals surface area (Å²) < 4.78 is 0. The number of rotatable bonds is 6. The highest BCUT2D eigenvalue weighted by Crippen LogP contribution is 2.32. The Labute approximate surface area is 180 Å². The van der Waals surface area contributed by atoms with Crippen LogP contribution in [0.4, 0.5) is 0 Å². The average Bonchev–Trinajstić information content (AvgIpc) is 3.07. The number of nitrogens with zero attached hydrogens (tertiary/aromatic N) is 2. The first-order valence-corrected chi connectivity index (χ1v) is 10.8. The van der Waals surface area contributed by atoms with E-state index in [-0.39, 0.29) is 24.0 Å². The minimum Gasteiger partial charge on any atom is -0.357 e. The molecule has 2 aliphatic heterocycles. The summed E-state index contributed by atoms with van der Waals surface area (Å²) >= 11 is 1.85. The number of piperidine rings is 2. The van der Waals surface area contributed by atoms with Gasteiger partial charge in [0.2, 0.25) is 0 Å². The van der Waals surface area contributed by atoms with Gasteiger partial charge in [0.05, 0.1) is 0 Å². The van der Waals surface area contributed by atoms with Gasteiger partial charge in [0.1, 0.15) is 0 Å². The summed E-state index contributed by atoms with van der Waals surface area (Å²) in [5.74, 6) is 1.58. The second-order valence-electron chi connectivity index (χ2n) is 7.82. The third-order valence-electron chi connectivity index (χ3n) is 5.72. The Balaban J connectivity index is 0.00000243. The number of nitrogens with one attached hydrogen (secondary N) is 2. The van der Waals surface area contributed by atoms with Crippen LogP contribution >= 0.6 is 35.3 Å². The smallest absolute Gasteiger partial charge is 0.191 e. The van der Waals surface area contributed by atoms with E-state index in [1.807, 2.05) is 11.3 Å². The summed E-state index contributed by atoms with van der Waals surface area (Å²) in [6.45, 7) is 6.25. The molecule has 3 atom stereocenters. The molecule has 2 N–H and O–H groups in total. The van der Waals surface area contributed by atoms with Gasteiger partial charge >= 0.3 is 0 Å². The zero-order chi connectivity index (χ0) is 17.6. The molecule has 3 rings (SSSR count). The molecule has 26 heavy (non-hydrogen) atoms. The maximum atomic E-state index is 4.89. The fourth-order valence-electron chi connectivity index (χ4n) is 4.33. The summed E-state index contributed by atoms with van der Waals surface area (Å²) in [5.41, 5.74) is 0. The molecule has 2 aliphatic rings. The van der Waals surface area contributed by atoms with Crippen molar-refractivity contribution in [2.24, 2.45) is 10.9 Å². The molecule has 148 valence electrons. The monoisotopic (exact) mass is 490 g/mol. The van der Waals surface area contributed by atoms with E-state index >= 15 is 0 Å². The van der Waals surface area contributed by atoms with Gasteiger partial charge in [-0.2, -0.15) is 0 Å². The number of fused-ring (bicyclic) bond motifs is 2. The van der Waals surface area contributed by atoms with Gasteiger partial charge in [-0.1, -0.05) is 19.4 Å². The molecular weight excluding hydrogens is 455 g/mol. The molecule has 0 saturated carbocycles. The van der Waals surface area contributed by atoms with Crippen LogP contribution < -0.4 is 10.6 Å². The van der Waals surface area contributed by atoms with Crippen LogP contribution in [0.2, 0.25) is 0 Å². The summed E-state index contributed by atoms with van der Waals surface area (Å²) in [7, 11) is 2.32. The fourth-order valence-corrected chi connectivity index (χ4v) is 5.20. The Morgan fingerprint density at radius 1 is 1.35 bits per heavy atom. The third kappa shape index (κ3) is 6.09. The van der Waals surface area contributed by atoms with Crippen molar-refractivity contribution in [2.45, 2.75) is 70.5 Å². The lowest BCUT2D eigenvalue weighted by Gasteiger charge is -2.47. The van der Waals surface area contributed by atoms with Gasteiger partial charge in [-0.25, -0.2) is 0 Å². The maximum absolute atomic E-state index is 4.89. The quantitative estimate of drug-likeness (QED) is 0.358. The summed E-state index contributed by atoms with van der Waals surface area (Å²) in [5, 5.41) is 9.34. The fraction of sp³-hybridized carbons (Fsp3) is 0.750. The topological polar surface area (TPSA) is 39.7 Å². The maximum Gasteiger partial charge on any atom is 0.191 e. The van der Waals surface area contributed by atoms with Crippen molar-refractivity contribution in [1.29, 1.82) is 0 Å². The first kappa shape index (κ1) is 22.0. The van der Waals surface area contributed by atoms with E-state index < -0.39 is 0 Å². The van der Waals surface area contributed by atoms with Gasteiger partial charge in [0.25, 0.3) is 0 Å². The second-order valence-corrected chi connectivity index (χ2v) is 8.86. The van der Waals surface area contributed by atoms with Crippen LogP contribution in [0.1, 0.15) is 50.8 Å². The Bertz CT molecular complexity index is 534. The van der Waals surface area contributed by atoms with Crippen molar-refractivity contribution < 1.29 is 0 Å². The Hall–Kier alpha value is -0.340. The first-order valence-electron chi connectivity index (χ1n) is 9.94. The van der Waals surface area contributed by atoms with Gasteiger partial charge in [-0.05, 0) is 63.4 Å². The molecule has 0 aromatic carbocycles. The number of halogens is 1. The lowest BCUT2D eigenvalue weighted by molar-refractivity contribution is 0.0526. The normalized spacial score (nSPS) is 27.5. The van der Waals surface area contributed by atoms with E-state index in [1.54, 1.807) is 0 Å². The highest BCUT2D eigenvalue weighted by atomic mass is 127. The molecule has 2 saturated heterocycles. The SMILES string of the molecule is CCNC(=NCC(C)Cc1cccs1)NC1CC2CCCC(C1)N2C.I. The highest BCUT2D eigenvalue weighted by molar-refractivity contribution is 14.0. The van der Waals surface area contributed by atoms with Crippen LogP contribution in [-0.4, -0.2) is 49.1 Å². The van der Waals surface area contributed by atoms with Crippen molar-refractivity contribution in [3.05, 3.63) is 22.4 Å². The molecule has 2 fully saturated rings. The molecular formula is C20H35IN4S. The summed E-state index contributed by atoms with van der Waals surface area (Å²) in [6, 6.07) is 6.44. The van der Waals surface area contributed by atoms with Crippen LogP contribution in [0.15, 0.2) is 22.5 Å². The number of aliphatic imine (C=N–C) groups is 1. The predicted octanol–water partition coefficient (Wildman–Crippen LogP) is 4.12. The van der Waals surface area contributed by atoms with E-state index in [0.29, 0.717) is 12.0 Å². The molecule has 4 nitrogen and oxygen atoms in total. The highest BCUT2D eigenvalue weighted by Gasteiger charge is 2.36. The zero-order valence-corrected chi connectivity index (χ0v) is 19.6. The molecule has 1 aromatic rings. The Morgan fingerprint density at radius 2 is 2.08 bits per heavy atom. The minimum atomic E-state index is 0. The van der Waals surface area contributed by atoms with Crippen LogP contribution in [-0.2, 0) is 6.42 Å². The molecule has 0 aliphatic carbocycles. The summed E-state index contributed by atoms with van der Waals surface area (Å²) in [4.78, 5) is 8.97. The molecule has 3 unspecified atom stereocenters. The van der Waals surface area contributed by atoms with Crippen molar-refractivity contribution >= 4 is 41.3 Å². The van der Waals surface area contributed by atoms with Crippen LogP contribution in [0.5, 0.6) is 0 Å². The number of thiophene rings is 1. The lowest BCUT2D eigenvalue weighted by atomic mass is 9.82. The summed E-state index contributed by atoms with van der Waals surface area (Å²) in [6.07, 6.45) is 7.75. The van der Waals surface area contributed by atoms with Gasteiger partial charge in [0.15, 0.2) is 5.96 Å². The van der Waals surface area contributed by atoms with Gasteiger partial charge in [-0.15, -0.1) is 35.3 Å². The lowest BCUT2D eigenvalue weighted by Crippen LogP contribution is -2.56. The van der Waals surface area contributed by atoms with Crippen molar-refractivity contribution in [3.8, 4) is 0 Å². The average molecular weight is 490 g/mol. The van der Waals surface area contributed by atoms with Crippen LogP contribution in [0.3, 0.4) is 0 Å². The number of hydrogen-bond acceptors (Lipinski definition) is 3. The van der Waals surface area contributed by atoms with Gasteiger partial charge in [-0.3, -0.25) is 4.99 Å². The predicted molar refractivity (Wildman–Crippen MR) is 124 cm³/mol. The van der Waals surface area contributed by atoms with Crippen molar-refractivity contribution in [3.63, 3.8) is 0 Å². The van der Waals surface area contributed by atoms with E-state index in [1.165, 1.54) is 37.0 Å². The number of guanidine groups is 1. The van der Waals surface area contributed by atoms with Gasteiger partial charge in [0, 0.05) is 36.1 Å². The van der Waals surface area contributed by atoms with Crippen molar-refractivity contribution in [2.75, 3.05) is 20.1 Å². The largest absolute Gasteiger partial charge is 0.357 e. The molecule has 3 heterocycles. The third-order valence-corrected chi connectivity index (χ3v) is 6.61. The second kappa shape index (κ2) is 10.9. The van der Waals surface area contributed by atoms with E-state index in [2.05, 4.69) is 53.9 Å². The van der Waals surface area contributed by atoms with Crippen molar-refractivity contribution in [1.82, 2.24) is 15.5 Å². The van der Waals surface area contributed by atoms with Crippen LogP contribution in [0, 0.1) is 5.92 Å². The Morgan fingerprint density at radius 3 is 2.69 bits per heavy atom. The molecule has 0 spiro atoms. The van der Waals surface area contributed by atoms with E-state index in [4.69, 9.17) is 4.99 Å².